The molecule has 0 fully saturated rings. The van der Waals surface area contributed by atoms with Gasteiger partial charge in [0, 0.05) is 12.2 Å². The summed E-state index contributed by atoms with van der Waals surface area (Å²) in [4.78, 5) is 47.4. The lowest BCUT2D eigenvalue weighted by Gasteiger charge is -2.11. The van der Waals surface area contributed by atoms with Gasteiger partial charge < -0.3 is 37.9 Å². The van der Waals surface area contributed by atoms with Crippen LogP contribution < -0.4 is 23.7 Å². The molecule has 0 heterocycles. The number of benzene rings is 5. The van der Waals surface area contributed by atoms with Gasteiger partial charge in [-0.05, 0) is 172 Å². The van der Waals surface area contributed by atoms with E-state index in [9.17, 15) is 19.2 Å². The number of hydrogen-bond acceptors (Lipinski definition) is 12. The Kier molecular flexibility index (Phi) is 23.5. The number of unbranched alkanes of at least 4 members (excludes halogenated alkanes) is 9. The van der Waals surface area contributed by atoms with Gasteiger partial charge in [0.2, 0.25) is 6.79 Å². The molecular formula is C57H64O12. The molecule has 364 valence electrons. The van der Waals surface area contributed by atoms with Crippen LogP contribution in [0.5, 0.6) is 28.7 Å². The molecule has 0 N–H and O–H groups in total. The second-order valence-corrected chi connectivity index (χ2v) is 16.1. The van der Waals surface area contributed by atoms with Gasteiger partial charge in [-0.3, -0.25) is 0 Å². The van der Waals surface area contributed by atoms with E-state index in [0.717, 1.165) is 112 Å². The molecule has 12 heteroatoms. The number of carbonyl (C=O) groups is 4. The van der Waals surface area contributed by atoms with Crippen LogP contribution in [0.4, 0.5) is 0 Å². The molecule has 0 bridgehead atoms. The fourth-order valence-electron chi connectivity index (χ4n) is 6.91. The Labute approximate surface area is 406 Å². The summed E-state index contributed by atoms with van der Waals surface area (Å²) in [6, 6.07) is 37.0. The standard InChI is InChI=1S/C57H64O12/c1-3-54(58)64-40-14-6-5-11-17-44-18-20-48(21-19-44)57(61)69-53-32-26-47(27-33-53)56(60)66-42-16-10-8-13-38-62-49-28-22-45(23-29-49)46-24-30-51(31-25-46)67-43-68-52-36-34-50(35-37-52)63-39-12-7-9-15-41-65-55(59)4-2/h3-4,18-37H,1-2,5-17,38-43H2. The summed E-state index contributed by atoms with van der Waals surface area (Å²) in [5.74, 6) is 1.63. The predicted molar refractivity (Wildman–Crippen MR) is 265 cm³/mol. The highest BCUT2D eigenvalue weighted by molar-refractivity contribution is 5.92. The Hall–Kier alpha value is -7.34. The summed E-state index contributed by atoms with van der Waals surface area (Å²) in [5, 5.41) is 0. The number of hydrogen-bond donors (Lipinski definition) is 0. The van der Waals surface area contributed by atoms with Crippen molar-refractivity contribution < 1.29 is 57.1 Å². The molecule has 5 aromatic carbocycles. The minimum Gasteiger partial charge on any atom is -0.494 e. The van der Waals surface area contributed by atoms with Gasteiger partial charge in [-0.25, -0.2) is 19.2 Å². The van der Waals surface area contributed by atoms with Crippen molar-refractivity contribution >= 4 is 23.9 Å². The van der Waals surface area contributed by atoms with Gasteiger partial charge in [-0.2, -0.15) is 0 Å². The van der Waals surface area contributed by atoms with Crippen LogP contribution in [-0.2, 0) is 30.2 Å². The molecule has 0 aliphatic carbocycles. The molecule has 0 aromatic heterocycles. The zero-order valence-electron chi connectivity index (χ0n) is 39.4. The quantitative estimate of drug-likeness (QED) is 0.00986. The molecule has 0 aliphatic heterocycles. The van der Waals surface area contributed by atoms with Crippen LogP contribution in [0.15, 0.2) is 147 Å². The number of rotatable bonds is 33. The van der Waals surface area contributed by atoms with E-state index in [1.807, 2.05) is 84.9 Å². The van der Waals surface area contributed by atoms with Crippen molar-refractivity contribution in [1.29, 1.82) is 0 Å². The van der Waals surface area contributed by atoms with E-state index >= 15 is 0 Å². The average molecular weight is 941 g/mol. The molecule has 0 spiro atoms. The maximum absolute atomic E-state index is 12.7. The van der Waals surface area contributed by atoms with Crippen molar-refractivity contribution in [2.45, 2.75) is 83.5 Å². The van der Waals surface area contributed by atoms with E-state index in [4.69, 9.17) is 37.9 Å². The van der Waals surface area contributed by atoms with E-state index in [-0.39, 0.29) is 12.8 Å². The normalized spacial score (nSPS) is 10.6. The summed E-state index contributed by atoms with van der Waals surface area (Å²) >= 11 is 0. The number of carbonyl (C=O) groups excluding carboxylic acids is 4. The highest BCUT2D eigenvalue weighted by Crippen LogP contribution is 2.26. The monoisotopic (exact) mass is 940 g/mol. The highest BCUT2D eigenvalue weighted by atomic mass is 16.7. The lowest BCUT2D eigenvalue weighted by Crippen LogP contribution is -2.09. The van der Waals surface area contributed by atoms with Crippen LogP contribution in [-0.4, -0.2) is 63.7 Å². The summed E-state index contributed by atoms with van der Waals surface area (Å²) in [6.45, 7) is 9.18. The lowest BCUT2D eigenvalue weighted by atomic mass is 10.0. The number of ether oxygens (including phenoxy) is 8. The predicted octanol–water partition coefficient (Wildman–Crippen LogP) is 12.3. The second-order valence-electron chi connectivity index (χ2n) is 16.1. The van der Waals surface area contributed by atoms with Crippen molar-refractivity contribution in [3.8, 4) is 39.9 Å². The third kappa shape index (κ3) is 20.6. The van der Waals surface area contributed by atoms with E-state index < -0.39 is 17.9 Å². The SMILES string of the molecule is C=CC(=O)OCCCCCCOc1ccc(OCOc2ccc(-c3ccc(OCCCCCCOC(=O)c4ccc(OC(=O)c5ccc(CCCCCCOC(=O)C=C)cc5)cc4)cc3)cc2)cc1. The summed E-state index contributed by atoms with van der Waals surface area (Å²) < 4.78 is 44.3. The van der Waals surface area contributed by atoms with Crippen molar-refractivity contribution in [2.75, 3.05) is 39.8 Å². The first-order chi connectivity index (χ1) is 33.8. The summed E-state index contributed by atoms with van der Waals surface area (Å²) in [7, 11) is 0. The third-order valence-corrected chi connectivity index (χ3v) is 10.8. The van der Waals surface area contributed by atoms with Gasteiger partial charge >= 0.3 is 23.9 Å². The van der Waals surface area contributed by atoms with Gasteiger partial charge in [-0.15, -0.1) is 0 Å². The zero-order chi connectivity index (χ0) is 48.7. The Morgan fingerprint density at radius 1 is 0.362 bits per heavy atom. The molecule has 0 radical (unpaired) electrons. The fourth-order valence-corrected chi connectivity index (χ4v) is 6.91. The second kappa shape index (κ2) is 30.8. The number of aryl methyl sites for hydroxylation is 1. The minimum atomic E-state index is -0.474. The van der Waals surface area contributed by atoms with Crippen molar-refractivity contribution in [3.63, 3.8) is 0 Å². The summed E-state index contributed by atoms with van der Waals surface area (Å²) in [5.41, 5.74) is 4.08. The van der Waals surface area contributed by atoms with Gasteiger partial charge in [-0.1, -0.05) is 62.4 Å². The molecule has 0 amide bonds. The molecule has 0 atom stereocenters. The maximum atomic E-state index is 12.7. The van der Waals surface area contributed by atoms with Crippen LogP contribution in [0.1, 0.15) is 103 Å². The van der Waals surface area contributed by atoms with Crippen molar-refractivity contribution in [1.82, 2.24) is 0 Å². The number of esters is 4. The van der Waals surface area contributed by atoms with Crippen LogP contribution in [0, 0.1) is 0 Å². The van der Waals surface area contributed by atoms with Crippen LogP contribution >= 0.6 is 0 Å². The van der Waals surface area contributed by atoms with Crippen LogP contribution in [0.25, 0.3) is 11.1 Å². The first-order valence-corrected chi connectivity index (χ1v) is 23.8. The van der Waals surface area contributed by atoms with Crippen molar-refractivity contribution in [3.05, 3.63) is 163 Å². The Morgan fingerprint density at radius 2 is 0.725 bits per heavy atom. The first-order valence-electron chi connectivity index (χ1n) is 23.8. The highest BCUT2D eigenvalue weighted by Gasteiger charge is 2.12. The van der Waals surface area contributed by atoms with Crippen molar-refractivity contribution in [2.24, 2.45) is 0 Å². The average Bonchev–Trinajstić information content (AvgIpc) is 3.38. The molecule has 69 heavy (non-hydrogen) atoms. The Morgan fingerprint density at radius 3 is 1.19 bits per heavy atom. The van der Waals surface area contributed by atoms with Gasteiger partial charge in [0.05, 0.1) is 44.2 Å². The minimum absolute atomic E-state index is 0.0715. The molecule has 5 aromatic rings. The molecule has 5 rings (SSSR count). The molecule has 0 saturated heterocycles. The fraction of sp³-hybridized carbons (Fsp3) is 0.333. The lowest BCUT2D eigenvalue weighted by molar-refractivity contribution is -0.138. The van der Waals surface area contributed by atoms with E-state index in [2.05, 4.69) is 13.2 Å². The Bertz CT molecular complexity index is 2300. The Balaban J connectivity index is 0.865. The largest absolute Gasteiger partial charge is 0.494 e. The van der Waals surface area contributed by atoms with Gasteiger partial charge in [0.15, 0.2) is 0 Å². The smallest absolute Gasteiger partial charge is 0.343 e. The third-order valence-electron chi connectivity index (χ3n) is 10.8. The zero-order valence-corrected chi connectivity index (χ0v) is 39.4. The van der Waals surface area contributed by atoms with Gasteiger partial charge in [0.1, 0.15) is 28.7 Å². The van der Waals surface area contributed by atoms with Crippen LogP contribution in [0.3, 0.4) is 0 Å². The molecular weight excluding hydrogens is 877 g/mol. The summed E-state index contributed by atoms with van der Waals surface area (Å²) in [6.07, 6.45) is 14.2. The van der Waals surface area contributed by atoms with Crippen LogP contribution in [0.2, 0.25) is 0 Å². The van der Waals surface area contributed by atoms with E-state index in [1.165, 1.54) is 12.2 Å². The van der Waals surface area contributed by atoms with E-state index in [1.54, 1.807) is 36.4 Å². The molecule has 0 saturated carbocycles. The molecule has 0 unspecified atom stereocenters. The van der Waals surface area contributed by atoms with E-state index in [0.29, 0.717) is 61.4 Å². The van der Waals surface area contributed by atoms with Gasteiger partial charge in [0.25, 0.3) is 0 Å². The first kappa shape index (κ1) is 52.6. The molecule has 12 nitrogen and oxygen atoms in total. The topological polar surface area (TPSA) is 142 Å². The molecule has 0 aliphatic rings. The maximum Gasteiger partial charge on any atom is 0.343 e.